The van der Waals surface area contributed by atoms with Gasteiger partial charge in [-0.1, -0.05) is 13.8 Å². The molecule has 0 saturated heterocycles. The topological polar surface area (TPSA) is 57.6 Å². The highest BCUT2D eigenvalue weighted by Crippen LogP contribution is 2.29. The van der Waals surface area contributed by atoms with E-state index in [4.69, 9.17) is 0 Å². The van der Waals surface area contributed by atoms with Gasteiger partial charge in [0.25, 0.3) is 0 Å². The molecule has 4 nitrogen and oxygen atoms in total. The van der Waals surface area contributed by atoms with Crippen LogP contribution >= 0.6 is 0 Å². The molecule has 1 N–H and O–H groups in total. The fraction of sp³-hybridized carbons (Fsp3) is 0.222. The highest BCUT2D eigenvalue weighted by Gasteiger charge is 2.18. The number of amides is 1. The zero-order valence-corrected chi connectivity index (χ0v) is 13.5. The lowest BCUT2D eigenvalue weighted by molar-refractivity contribution is -0.121. The summed E-state index contributed by atoms with van der Waals surface area (Å²) in [5.41, 5.74) is 0.555. The molecule has 0 spiro atoms. The van der Waals surface area contributed by atoms with Gasteiger partial charge in [0.05, 0.1) is 5.56 Å². The second-order valence-corrected chi connectivity index (χ2v) is 5.75. The monoisotopic (exact) mass is 333 g/mol. The van der Waals surface area contributed by atoms with Crippen molar-refractivity contribution in [3.8, 4) is 11.1 Å². The molecule has 0 bridgehead atoms. The van der Waals surface area contributed by atoms with Crippen LogP contribution in [-0.2, 0) is 4.79 Å². The molecule has 0 atom stereocenters. The third kappa shape index (κ3) is 3.59. The molecule has 6 heteroatoms. The largest absolute Gasteiger partial charge is 0.478 e. The van der Waals surface area contributed by atoms with Crippen LogP contribution in [0.25, 0.3) is 11.1 Å². The van der Waals surface area contributed by atoms with Gasteiger partial charge in [-0.05, 0) is 35.9 Å². The predicted molar refractivity (Wildman–Crippen MR) is 87.0 cm³/mol. The van der Waals surface area contributed by atoms with Crippen molar-refractivity contribution < 1.29 is 23.5 Å². The fourth-order valence-electron chi connectivity index (χ4n) is 2.32. The first kappa shape index (κ1) is 17.6. The number of benzene rings is 2. The van der Waals surface area contributed by atoms with Gasteiger partial charge in [0, 0.05) is 30.3 Å². The maximum absolute atomic E-state index is 14.0. The number of hydrogen-bond donors (Lipinski definition) is 1. The van der Waals surface area contributed by atoms with Crippen LogP contribution in [0.1, 0.15) is 24.2 Å². The molecule has 0 aromatic heterocycles. The van der Waals surface area contributed by atoms with E-state index in [-0.39, 0.29) is 28.5 Å². The number of carbonyl (C=O) groups is 2. The van der Waals surface area contributed by atoms with Crippen LogP contribution in [0, 0.1) is 17.6 Å². The highest BCUT2D eigenvalue weighted by atomic mass is 19.1. The van der Waals surface area contributed by atoms with Gasteiger partial charge in [0.2, 0.25) is 5.91 Å². The van der Waals surface area contributed by atoms with Crippen LogP contribution in [0.5, 0.6) is 0 Å². The van der Waals surface area contributed by atoms with E-state index < -0.39 is 17.6 Å². The molecule has 0 fully saturated rings. The molecule has 1 amide bonds. The summed E-state index contributed by atoms with van der Waals surface area (Å²) in [6, 6.07) is 7.19. The number of carbonyl (C=O) groups excluding carboxylic acids is 1. The van der Waals surface area contributed by atoms with E-state index in [0.717, 1.165) is 12.1 Å². The Hall–Kier alpha value is -2.76. The highest BCUT2D eigenvalue weighted by molar-refractivity contribution is 5.97. The summed E-state index contributed by atoms with van der Waals surface area (Å²) < 4.78 is 27.1. The number of rotatable bonds is 4. The number of aromatic carboxylic acids is 1. The average Bonchev–Trinajstić information content (AvgIpc) is 2.52. The standard InChI is InChI=1S/C18H17F2NO3/c1-10(2)17(22)21(3)14-7-11(6-12(8-14)18(23)24)15-5-4-13(19)9-16(15)20/h4-10H,1-3H3,(H,23,24). The molecular weight excluding hydrogens is 316 g/mol. The Bertz CT molecular complexity index is 803. The Labute approximate surface area is 138 Å². The Kier molecular flexibility index (Phi) is 4.97. The maximum atomic E-state index is 14.0. The second-order valence-electron chi connectivity index (χ2n) is 5.75. The molecule has 0 saturated carbocycles. The maximum Gasteiger partial charge on any atom is 0.335 e. The Balaban J connectivity index is 2.60. The molecule has 0 aliphatic carbocycles. The normalized spacial score (nSPS) is 10.8. The van der Waals surface area contributed by atoms with Gasteiger partial charge in [-0.15, -0.1) is 0 Å². The Morgan fingerprint density at radius 1 is 1.08 bits per heavy atom. The lowest BCUT2D eigenvalue weighted by Gasteiger charge is -2.21. The molecular formula is C18H17F2NO3. The van der Waals surface area contributed by atoms with Gasteiger partial charge in [0.15, 0.2) is 0 Å². The van der Waals surface area contributed by atoms with Gasteiger partial charge in [-0.25, -0.2) is 13.6 Å². The summed E-state index contributed by atoms with van der Waals surface area (Å²) in [5.74, 6) is -3.22. The van der Waals surface area contributed by atoms with Crippen molar-refractivity contribution in [3.63, 3.8) is 0 Å². The predicted octanol–water partition coefficient (Wildman–Crippen LogP) is 3.95. The van der Waals surface area contributed by atoms with Crippen molar-refractivity contribution >= 4 is 17.6 Å². The summed E-state index contributed by atoms with van der Waals surface area (Å²) >= 11 is 0. The number of anilines is 1. The molecule has 0 radical (unpaired) electrons. The minimum atomic E-state index is -1.20. The Morgan fingerprint density at radius 2 is 1.75 bits per heavy atom. The molecule has 2 rings (SSSR count). The zero-order valence-electron chi connectivity index (χ0n) is 13.5. The van der Waals surface area contributed by atoms with Gasteiger partial charge >= 0.3 is 5.97 Å². The molecule has 2 aromatic rings. The quantitative estimate of drug-likeness (QED) is 0.922. The molecule has 0 aliphatic rings. The molecule has 0 unspecified atom stereocenters. The van der Waals surface area contributed by atoms with E-state index in [9.17, 15) is 23.5 Å². The summed E-state index contributed by atoms with van der Waals surface area (Å²) in [7, 11) is 1.52. The molecule has 0 aliphatic heterocycles. The van der Waals surface area contributed by atoms with Gasteiger partial charge in [0.1, 0.15) is 11.6 Å². The van der Waals surface area contributed by atoms with Crippen LogP contribution in [0.3, 0.4) is 0 Å². The smallest absolute Gasteiger partial charge is 0.335 e. The average molecular weight is 333 g/mol. The zero-order chi connectivity index (χ0) is 18.0. The summed E-state index contributed by atoms with van der Waals surface area (Å²) in [6.45, 7) is 3.45. The first-order valence-electron chi connectivity index (χ1n) is 7.32. The van der Waals surface area contributed by atoms with Crippen molar-refractivity contribution in [2.45, 2.75) is 13.8 Å². The van der Waals surface area contributed by atoms with E-state index >= 15 is 0 Å². The SMILES string of the molecule is CC(C)C(=O)N(C)c1cc(C(=O)O)cc(-c2ccc(F)cc2F)c1. The third-order valence-corrected chi connectivity index (χ3v) is 3.62. The van der Waals surface area contributed by atoms with E-state index in [0.29, 0.717) is 5.69 Å². The van der Waals surface area contributed by atoms with Crippen molar-refractivity contribution in [2.24, 2.45) is 5.92 Å². The van der Waals surface area contributed by atoms with Crippen LogP contribution in [-0.4, -0.2) is 24.0 Å². The lowest BCUT2D eigenvalue weighted by atomic mass is 10.0. The van der Waals surface area contributed by atoms with Gasteiger partial charge < -0.3 is 10.0 Å². The first-order valence-corrected chi connectivity index (χ1v) is 7.32. The van der Waals surface area contributed by atoms with Crippen LogP contribution < -0.4 is 4.90 Å². The minimum Gasteiger partial charge on any atom is -0.478 e. The van der Waals surface area contributed by atoms with Crippen LogP contribution in [0.4, 0.5) is 14.5 Å². The fourth-order valence-corrected chi connectivity index (χ4v) is 2.32. The Morgan fingerprint density at radius 3 is 2.29 bits per heavy atom. The lowest BCUT2D eigenvalue weighted by Crippen LogP contribution is -2.30. The number of carboxylic acids is 1. The van der Waals surface area contributed by atoms with E-state index in [1.807, 2.05) is 0 Å². The van der Waals surface area contributed by atoms with E-state index in [2.05, 4.69) is 0 Å². The van der Waals surface area contributed by atoms with Crippen molar-refractivity contribution in [1.82, 2.24) is 0 Å². The molecule has 24 heavy (non-hydrogen) atoms. The van der Waals surface area contributed by atoms with Gasteiger partial charge in [-0.2, -0.15) is 0 Å². The number of carboxylic acid groups (broad SMARTS) is 1. The van der Waals surface area contributed by atoms with Crippen LogP contribution in [0.15, 0.2) is 36.4 Å². The van der Waals surface area contributed by atoms with Gasteiger partial charge in [-0.3, -0.25) is 4.79 Å². The van der Waals surface area contributed by atoms with E-state index in [1.165, 1.54) is 36.2 Å². The minimum absolute atomic E-state index is 0.0612. The molecule has 0 heterocycles. The summed E-state index contributed by atoms with van der Waals surface area (Å²) in [6.07, 6.45) is 0. The summed E-state index contributed by atoms with van der Waals surface area (Å²) in [5, 5.41) is 9.27. The van der Waals surface area contributed by atoms with Crippen molar-refractivity contribution in [2.75, 3.05) is 11.9 Å². The number of hydrogen-bond acceptors (Lipinski definition) is 2. The first-order chi connectivity index (χ1) is 11.2. The van der Waals surface area contributed by atoms with Crippen molar-refractivity contribution in [3.05, 3.63) is 53.6 Å². The second kappa shape index (κ2) is 6.78. The van der Waals surface area contributed by atoms with Crippen molar-refractivity contribution in [1.29, 1.82) is 0 Å². The molecule has 126 valence electrons. The summed E-state index contributed by atoms with van der Waals surface area (Å²) in [4.78, 5) is 24.8. The third-order valence-electron chi connectivity index (χ3n) is 3.62. The van der Waals surface area contributed by atoms with Crippen LogP contribution in [0.2, 0.25) is 0 Å². The van der Waals surface area contributed by atoms with E-state index in [1.54, 1.807) is 13.8 Å². The molecule has 2 aromatic carbocycles. The number of nitrogens with zero attached hydrogens (tertiary/aromatic N) is 1. The number of halogens is 2.